The summed E-state index contributed by atoms with van der Waals surface area (Å²) in [5.41, 5.74) is 17.7. The molecule has 10 rings (SSSR count). The van der Waals surface area contributed by atoms with Crippen molar-refractivity contribution in [1.29, 1.82) is 5.41 Å². The predicted octanol–water partition coefficient (Wildman–Crippen LogP) is 13.0. The Bertz CT molecular complexity index is 2780. The van der Waals surface area contributed by atoms with Gasteiger partial charge in [0.15, 0.2) is 0 Å². The molecule has 5 heteroatoms. The smallest absolute Gasteiger partial charge is 0.0716 e. The molecule has 0 saturated carbocycles. The second-order valence-corrected chi connectivity index (χ2v) is 14.9. The maximum atomic E-state index is 9.10. The lowest BCUT2D eigenvalue weighted by Gasteiger charge is -2.33. The largest absolute Gasteiger partial charge is 0.308 e. The molecule has 2 heterocycles. The Kier molecular flexibility index (Phi) is 8.00. The van der Waals surface area contributed by atoms with E-state index in [1.165, 1.54) is 43.1 Å². The Morgan fingerprint density at radius 2 is 1.31 bits per heavy atom. The number of allylic oxidation sites excluding steroid dienone is 2. The zero-order chi connectivity index (χ0) is 36.0. The summed E-state index contributed by atoms with van der Waals surface area (Å²) in [7, 11) is 0. The minimum Gasteiger partial charge on any atom is -0.308 e. The first-order chi connectivity index (χ1) is 26.7. The molecule has 0 spiro atoms. The second kappa shape index (κ2) is 13.4. The van der Waals surface area contributed by atoms with Gasteiger partial charge in [0.2, 0.25) is 0 Å². The van der Waals surface area contributed by atoms with Crippen molar-refractivity contribution >= 4 is 68.1 Å². The van der Waals surface area contributed by atoms with Gasteiger partial charge in [-0.05, 0) is 101 Å². The predicted molar refractivity (Wildman–Crippen MR) is 228 cm³/mol. The summed E-state index contributed by atoms with van der Waals surface area (Å²) in [6, 6.07) is 57.9. The molecular weight excluding hydrogens is 677 g/mol. The van der Waals surface area contributed by atoms with Crippen LogP contribution < -0.4 is 10.3 Å². The minimum atomic E-state index is 0.447. The number of anilines is 3. The van der Waals surface area contributed by atoms with Crippen LogP contribution in [0.3, 0.4) is 0 Å². The third-order valence-corrected chi connectivity index (χ3v) is 11.6. The number of nitrogens with one attached hydrogen (secondary N) is 2. The molecule has 8 aromatic rings. The van der Waals surface area contributed by atoms with Crippen LogP contribution >= 0.6 is 11.8 Å². The molecule has 258 valence electrons. The number of hydrogen-bond donors (Lipinski definition) is 2. The number of nitrogens with zero attached hydrogens (tertiary/aromatic N) is 2. The van der Waals surface area contributed by atoms with E-state index in [0.29, 0.717) is 5.71 Å². The summed E-state index contributed by atoms with van der Waals surface area (Å²) in [4.78, 5) is 4.87. The maximum absolute atomic E-state index is 9.10. The van der Waals surface area contributed by atoms with Crippen LogP contribution in [0, 0.1) is 5.41 Å². The fourth-order valence-electron chi connectivity index (χ4n) is 7.91. The van der Waals surface area contributed by atoms with E-state index in [9.17, 15) is 0 Å². The summed E-state index contributed by atoms with van der Waals surface area (Å²) < 4.78 is 2.24. The first kappa shape index (κ1) is 32.1. The van der Waals surface area contributed by atoms with Gasteiger partial charge in [-0.15, -0.1) is 0 Å². The second-order valence-electron chi connectivity index (χ2n) is 13.8. The van der Waals surface area contributed by atoms with Crippen molar-refractivity contribution in [3.05, 3.63) is 198 Å². The number of fused-ring (bicyclic) bond motifs is 7. The van der Waals surface area contributed by atoms with Crippen molar-refractivity contribution in [2.24, 2.45) is 0 Å². The number of hydrogen-bond acceptors (Lipinski definition) is 4. The van der Waals surface area contributed by atoms with E-state index in [4.69, 9.17) is 5.41 Å². The molecule has 1 aliphatic heterocycles. The average molecular weight is 713 g/mol. The van der Waals surface area contributed by atoms with E-state index < -0.39 is 0 Å². The SMILES string of the molecule is N=C(/C=C(\Nn1c2cc(-c3ccc4c(c3)N(c3ccccc3)c3ccccc3S4)ccc2c2c3c(ccc21)C=CCC3)c1ccccc1)c1ccccc1. The van der Waals surface area contributed by atoms with Gasteiger partial charge in [-0.3, -0.25) is 10.1 Å². The molecule has 0 fully saturated rings. The summed E-state index contributed by atoms with van der Waals surface area (Å²) in [5.74, 6) is 0. The lowest BCUT2D eigenvalue weighted by Crippen LogP contribution is -2.15. The zero-order valence-electron chi connectivity index (χ0n) is 29.5. The van der Waals surface area contributed by atoms with Crippen LogP contribution in [0.25, 0.3) is 44.7 Å². The number of aromatic nitrogens is 1. The Morgan fingerprint density at radius 1 is 0.630 bits per heavy atom. The minimum absolute atomic E-state index is 0.447. The molecule has 7 aromatic carbocycles. The summed E-state index contributed by atoms with van der Waals surface area (Å²) in [6.45, 7) is 0. The van der Waals surface area contributed by atoms with Crippen molar-refractivity contribution < 1.29 is 0 Å². The van der Waals surface area contributed by atoms with Crippen LogP contribution in [-0.2, 0) is 6.42 Å². The van der Waals surface area contributed by atoms with E-state index in [0.717, 1.165) is 57.5 Å². The lowest BCUT2D eigenvalue weighted by molar-refractivity contribution is 0.995. The number of aryl methyl sites for hydroxylation is 1. The molecule has 0 amide bonds. The van der Waals surface area contributed by atoms with E-state index in [1.807, 2.05) is 54.2 Å². The molecule has 0 unspecified atom stereocenters. The highest BCUT2D eigenvalue weighted by Crippen LogP contribution is 2.52. The quantitative estimate of drug-likeness (QED) is 0.162. The highest BCUT2D eigenvalue weighted by molar-refractivity contribution is 7.99. The molecular formula is C49H36N4S. The van der Waals surface area contributed by atoms with E-state index in [-0.39, 0.29) is 0 Å². The molecule has 0 bridgehead atoms. The summed E-state index contributed by atoms with van der Waals surface area (Å²) in [6.07, 6.45) is 8.53. The molecule has 54 heavy (non-hydrogen) atoms. The third-order valence-electron chi connectivity index (χ3n) is 10.5. The van der Waals surface area contributed by atoms with E-state index in [2.05, 4.69) is 155 Å². The molecule has 2 N–H and O–H groups in total. The number of benzene rings is 7. The number of para-hydroxylation sites is 2. The van der Waals surface area contributed by atoms with Gasteiger partial charge in [0.25, 0.3) is 0 Å². The Balaban J connectivity index is 1.15. The van der Waals surface area contributed by atoms with Crippen LogP contribution in [0.1, 0.15) is 28.7 Å². The van der Waals surface area contributed by atoms with Crippen LogP contribution in [0.4, 0.5) is 17.1 Å². The van der Waals surface area contributed by atoms with E-state index in [1.54, 1.807) is 0 Å². The first-order valence-electron chi connectivity index (χ1n) is 18.4. The van der Waals surface area contributed by atoms with Gasteiger partial charge >= 0.3 is 0 Å². The number of rotatable bonds is 7. The zero-order valence-corrected chi connectivity index (χ0v) is 30.4. The molecule has 2 aliphatic rings. The Labute approximate surface area is 319 Å². The molecule has 0 saturated heterocycles. The van der Waals surface area contributed by atoms with Crippen molar-refractivity contribution in [1.82, 2.24) is 4.68 Å². The lowest BCUT2D eigenvalue weighted by atomic mass is 9.92. The van der Waals surface area contributed by atoms with Gasteiger partial charge in [-0.25, -0.2) is 0 Å². The molecule has 0 atom stereocenters. The molecule has 1 aromatic heterocycles. The van der Waals surface area contributed by atoms with Crippen molar-refractivity contribution in [2.45, 2.75) is 22.6 Å². The standard InChI is InChI=1S/C49H36N4S/c50-41(34-15-4-1-5-16-34)32-42(35-17-6-2-7-18-35)51-53-44-28-25-33-14-10-11-21-39(33)49(44)40-27-24-36(30-45(40)53)37-26-29-48-46(31-37)52(38-19-8-3-9-20-38)43-22-12-13-23-47(43)54-48/h1-10,12-20,22-32,50-51H,11,21H2/b42-32-,50-41?. The highest BCUT2D eigenvalue weighted by Gasteiger charge is 2.26. The van der Waals surface area contributed by atoms with Crippen LogP contribution in [0.2, 0.25) is 0 Å². The highest BCUT2D eigenvalue weighted by atomic mass is 32.2. The molecule has 1 aliphatic carbocycles. The van der Waals surface area contributed by atoms with Crippen LogP contribution in [0.5, 0.6) is 0 Å². The summed E-state index contributed by atoms with van der Waals surface area (Å²) >= 11 is 1.83. The van der Waals surface area contributed by atoms with Gasteiger partial charge in [-0.2, -0.15) is 0 Å². The normalized spacial score (nSPS) is 13.4. The summed E-state index contributed by atoms with van der Waals surface area (Å²) in [5, 5.41) is 11.6. The Hall–Kier alpha value is -6.56. The van der Waals surface area contributed by atoms with Gasteiger partial charge in [0, 0.05) is 26.3 Å². The van der Waals surface area contributed by atoms with Gasteiger partial charge < -0.3 is 10.3 Å². The average Bonchev–Trinajstić information content (AvgIpc) is 3.56. The van der Waals surface area contributed by atoms with E-state index >= 15 is 0 Å². The fourth-order valence-corrected chi connectivity index (χ4v) is 8.95. The van der Waals surface area contributed by atoms with Crippen molar-refractivity contribution in [2.75, 3.05) is 10.3 Å². The van der Waals surface area contributed by atoms with Crippen LogP contribution in [0.15, 0.2) is 186 Å². The monoisotopic (exact) mass is 712 g/mol. The molecule has 0 radical (unpaired) electrons. The van der Waals surface area contributed by atoms with Crippen LogP contribution in [-0.4, -0.2) is 10.4 Å². The molecule has 4 nitrogen and oxygen atoms in total. The fraction of sp³-hybridized carbons (Fsp3) is 0.0408. The first-order valence-corrected chi connectivity index (χ1v) is 19.2. The third kappa shape index (κ3) is 5.61. The maximum Gasteiger partial charge on any atom is 0.0716 e. The van der Waals surface area contributed by atoms with Gasteiger partial charge in [-0.1, -0.05) is 139 Å². The van der Waals surface area contributed by atoms with Crippen molar-refractivity contribution in [3.8, 4) is 11.1 Å². The van der Waals surface area contributed by atoms with Crippen molar-refractivity contribution in [3.63, 3.8) is 0 Å². The van der Waals surface area contributed by atoms with Gasteiger partial charge in [0.1, 0.15) is 0 Å². The topological polar surface area (TPSA) is 44.1 Å². The Morgan fingerprint density at radius 3 is 2.13 bits per heavy atom. The van der Waals surface area contributed by atoms with Gasteiger partial charge in [0.05, 0.1) is 33.8 Å².